The monoisotopic (exact) mass is 246 g/mol. The van der Waals surface area contributed by atoms with Gasteiger partial charge in [0.1, 0.15) is 0 Å². The van der Waals surface area contributed by atoms with E-state index in [1.54, 1.807) is 0 Å². The van der Waals surface area contributed by atoms with E-state index in [1.807, 2.05) is 30.0 Å². The molecule has 0 bridgehead atoms. The number of nitrogen functional groups attached to an aromatic ring is 1. The summed E-state index contributed by atoms with van der Waals surface area (Å²) in [6, 6.07) is 6.09. The molecule has 3 heteroatoms. The first-order chi connectivity index (χ1) is 8.49. The Morgan fingerprint density at radius 3 is 2.67 bits per heavy atom. The van der Waals surface area contributed by atoms with Crippen LogP contribution in [0.2, 0.25) is 0 Å². The zero-order valence-electron chi connectivity index (χ0n) is 11.4. The number of benzene rings is 1. The van der Waals surface area contributed by atoms with Gasteiger partial charge >= 0.3 is 0 Å². The van der Waals surface area contributed by atoms with Crippen molar-refractivity contribution in [3.05, 3.63) is 29.3 Å². The number of aryl methyl sites for hydroxylation is 1. The zero-order valence-corrected chi connectivity index (χ0v) is 11.4. The van der Waals surface area contributed by atoms with Gasteiger partial charge in [0, 0.05) is 18.3 Å². The first kappa shape index (κ1) is 12.9. The summed E-state index contributed by atoms with van der Waals surface area (Å²) in [5, 5.41) is 0. The van der Waals surface area contributed by atoms with Crippen LogP contribution < -0.4 is 5.73 Å². The summed E-state index contributed by atoms with van der Waals surface area (Å²) < 4.78 is 0. The standard InChI is InChI=1S/C15H22N2O/c1-10(2)9-17(12-5-6-12)15(18)13-8-11(3)4-7-14(13)16/h4,7-8,10,12H,5-6,9,16H2,1-3H3. The number of amides is 1. The lowest BCUT2D eigenvalue weighted by molar-refractivity contribution is 0.0723. The highest BCUT2D eigenvalue weighted by Gasteiger charge is 2.33. The molecule has 1 saturated carbocycles. The summed E-state index contributed by atoms with van der Waals surface area (Å²) in [5.74, 6) is 0.577. The van der Waals surface area contributed by atoms with Crippen LogP contribution in [0.25, 0.3) is 0 Å². The smallest absolute Gasteiger partial charge is 0.256 e. The van der Waals surface area contributed by atoms with Crippen LogP contribution in [0.3, 0.4) is 0 Å². The van der Waals surface area contributed by atoms with Crippen LogP contribution in [0.5, 0.6) is 0 Å². The summed E-state index contributed by atoms with van der Waals surface area (Å²) in [6.45, 7) is 7.08. The molecule has 1 aliphatic rings. The predicted octanol–water partition coefficient (Wildman–Crippen LogP) is 2.84. The maximum atomic E-state index is 12.6. The normalized spacial score (nSPS) is 14.9. The molecule has 18 heavy (non-hydrogen) atoms. The molecular formula is C15H22N2O. The van der Waals surface area contributed by atoms with Gasteiger partial charge in [-0.25, -0.2) is 0 Å². The average Bonchev–Trinajstić information content (AvgIpc) is 3.12. The third kappa shape index (κ3) is 2.84. The Labute approximate surface area is 109 Å². The summed E-state index contributed by atoms with van der Waals surface area (Å²) in [5.41, 5.74) is 8.25. The third-order valence-electron chi connectivity index (χ3n) is 3.25. The van der Waals surface area contributed by atoms with Crippen molar-refractivity contribution in [1.29, 1.82) is 0 Å². The number of carbonyl (C=O) groups is 1. The van der Waals surface area contributed by atoms with Crippen LogP contribution in [0.1, 0.15) is 42.6 Å². The van der Waals surface area contributed by atoms with Crippen LogP contribution in [-0.2, 0) is 0 Å². The lowest BCUT2D eigenvalue weighted by atomic mass is 10.1. The Kier molecular flexibility index (Phi) is 3.60. The molecule has 0 saturated heterocycles. The predicted molar refractivity (Wildman–Crippen MR) is 74.5 cm³/mol. The van der Waals surface area contributed by atoms with Gasteiger partial charge in [-0.1, -0.05) is 25.5 Å². The van der Waals surface area contributed by atoms with Crippen molar-refractivity contribution in [2.75, 3.05) is 12.3 Å². The molecule has 2 rings (SSSR count). The van der Waals surface area contributed by atoms with Gasteiger partial charge in [-0.3, -0.25) is 4.79 Å². The van der Waals surface area contributed by atoms with Gasteiger partial charge < -0.3 is 10.6 Å². The van der Waals surface area contributed by atoms with Crippen molar-refractivity contribution < 1.29 is 4.79 Å². The Morgan fingerprint density at radius 1 is 1.44 bits per heavy atom. The molecule has 0 aromatic heterocycles. The topological polar surface area (TPSA) is 46.3 Å². The maximum absolute atomic E-state index is 12.6. The molecule has 1 amide bonds. The zero-order chi connectivity index (χ0) is 13.3. The lowest BCUT2D eigenvalue weighted by Crippen LogP contribution is -2.36. The van der Waals surface area contributed by atoms with Gasteiger partial charge in [-0.05, 0) is 37.8 Å². The minimum atomic E-state index is 0.0902. The van der Waals surface area contributed by atoms with Gasteiger partial charge in [0.05, 0.1) is 5.56 Å². The molecule has 1 aromatic carbocycles. The van der Waals surface area contributed by atoms with Crippen LogP contribution in [0.15, 0.2) is 18.2 Å². The second-order valence-electron chi connectivity index (χ2n) is 5.67. The number of nitrogens with zero attached hydrogens (tertiary/aromatic N) is 1. The van der Waals surface area contributed by atoms with Gasteiger partial charge in [-0.15, -0.1) is 0 Å². The number of nitrogens with two attached hydrogens (primary N) is 1. The first-order valence-corrected chi connectivity index (χ1v) is 6.66. The molecule has 0 heterocycles. The molecule has 0 aliphatic heterocycles. The molecule has 0 atom stereocenters. The molecule has 1 fully saturated rings. The maximum Gasteiger partial charge on any atom is 0.256 e. The van der Waals surface area contributed by atoms with Gasteiger partial charge in [0.2, 0.25) is 0 Å². The van der Waals surface area contributed by atoms with Crippen molar-refractivity contribution in [3.63, 3.8) is 0 Å². The van der Waals surface area contributed by atoms with Crippen LogP contribution >= 0.6 is 0 Å². The summed E-state index contributed by atoms with van der Waals surface area (Å²) in [4.78, 5) is 14.6. The Morgan fingerprint density at radius 2 is 2.11 bits per heavy atom. The fourth-order valence-electron chi connectivity index (χ4n) is 2.19. The van der Waals surface area contributed by atoms with E-state index in [2.05, 4.69) is 13.8 Å². The van der Waals surface area contributed by atoms with E-state index in [-0.39, 0.29) is 5.91 Å². The second-order valence-corrected chi connectivity index (χ2v) is 5.67. The van der Waals surface area contributed by atoms with Crippen LogP contribution in [0.4, 0.5) is 5.69 Å². The molecule has 0 radical (unpaired) electrons. The van der Waals surface area contributed by atoms with Crippen molar-refractivity contribution in [3.8, 4) is 0 Å². The van der Waals surface area contributed by atoms with E-state index < -0.39 is 0 Å². The van der Waals surface area contributed by atoms with Crippen molar-refractivity contribution in [2.24, 2.45) is 5.92 Å². The van der Waals surface area contributed by atoms with Crippen molar-refractivity contribution in [1.82, 2.24) is 4.90 Å². The van der Waals surface area contributed by atoms with E-state index in [0.717, 1.165) is 24.9 Å². The van der Waals surface area contributed by atoms with Gasteiger partial charge in [0.25, 0.3) is 5.91 Å². The van der Waals surface area contributed by atoms with Crippen LogP contribution in [-0.4, -0.2) is 23.4 Å². The van der Waals surface area contributed by atoms with E-state index >= 15 is 0 Å². The molecule has 1 aliphatic carbocycles. The fourth-order valence-corrected chi connectivity index (χ4v) is 2.19. The summed E-state index contributed by atoms with van der Waals surface area (Å²) in [6.07, 6.45) is 2.26. The van der Waals surface area contributed by atoms with E-state index in [0.29, 0.717) is 23.2 Å². The number of hydrogen-bond acceptors (Lipinski definition) is 2. The Balaban J connectivity index is 2.24. The summed E-state index contributed by atoms with van der Waals surface area (Å²) >= 11 is 0. The van der Waals surface area contributed by atoms with Crippen molar-refractivity contribution >= 4 is 11.6 Å². The molecular weight excluding hydrogens is 224 g/mol. The van der Waals surface area contributed by atoms with Crippen LogP contribution in [0, 0.1) is 12.8 Å². The number of carbonyl (C=O) groups excluding carboxylic acids is 1. The average molecular weight is 246 g/mol. The lowest BCUT2D eigenvalue weighted by Gasteiger charge is -2.25. The highest BCUT2D eigenvalue weighted by Crippen LogP contribution is 2.30. The highest BCUT2D eigenvalue weighted by molar-refractivity contribution is 5.99. The second kappa shape index (κ2) is 5.01. The highest BCUT2D eigenvalue weighted by atomic mass is 16.2. The minimum absolute atomic E-state index is 0.0902. The molecule has 98 valence electrons. The van der Waals surface area contributed by atoms with E-state index in [4.69, 9.17) is 5.73 Å². The minimum Gasteiger partial charge on any atom is -0.398 e. The SMILES string of the molecule is Cc1ccc(N)c(C(=O)N(CC(C)C)C2CC2)c1. The first-order valence-electron chi connectivity index (χ1n) is 6.66. The number of anilines is 1. The quantitative estimate of drug-likeness (QED) is 0.830. The van der Waals surface area contributed by atoms with E-state index in [9.17, 15) is 4.79 Å². The van der Waals surface area contributed by atoms with Gasteiger partial charge in [0.15, 0.2) is 0 Å². The number of hydrogen-bond donors (Lipinski definition) is 1. The molecule has 2 N–H and O–H groups in total. The van der Waals surface area contributed by atoms with Gasteiger partial charge in [-0.2, -0.15) is 0 Å². The largest absolute Gasteiger partial charge is 0.398 e. The molecule has 0 unspecified atom stereocenters. The molecule has 3 nitrogen and oxygen atoms in total. The summed E-state index contributed by atoms with van der Waals surface area (Å²) in [7, 11) is 0. The molecule has 1 aromatic rings. The Bertz CT molecular complexity index is 450. The number of rotatable bonds is 4. The van der Waals surface area contributed by atoms with Crippen molar-refractivity contribution in [2.45, 2.75) is 39.7 Å². The molecule has 0 spiro atoms. The Hall–Kier alpha value is -1.51. The fraction of sp³-hybridized carbons (Fsp3) is 0.533. The van der Waals surface area contributed by atoms with E-state index in [1.165, 1.54) is 0 Å². The third-order valence-corrected chi connectivity index (χ3v) is 3.25.